The summed E-state index contributed by atoms with van der Waals surface area (Å²) in [5.41, 5.74) is 2.27. The minimum absolute atomic E-state index is 0.191. The van der Waals surface area contributed by atoms with Gasteiger partial charge >= 0.3 is 5.69 Å². The zero-order chi connectivity index (χ0) is 15.4. The van der Waals surface area contributed by atoms with Crippen LogP contribution in [0.3, 0.4) is 0 Å². The highest BCUT2D eigenvalue weighted by Gasteiger charge is 2.10. The van der Waals surface area contributed by atoms with Crippen molar-refractivity contribution in [1.29, 1.82) is 0 Å². The van der Waals surface area contributed by atoms with E-state index in [0.29, 0.717) is 11.1 Å². The summed E-state index contributed by atoms with van der Waals surface area (Å²) in [5, 5.41) is 10.7. The van der Waals surface area contributed by atoms with Gasteiger partial charge in [-0.15, -0.1) is 5.10 Å². The third kappa shape index (κ3) is 4.22. The number of nitrogens with zero attached hydrogens (tertiary/aromatic N) is 2. The Hall–Kier alpha value is -1.53. The van der Waals surface area contributed by atoms with E-state index in [4.69, 9.17) is 0 Å². The Morgan fingerprint density at radius 1 is 1.43 bits per heavy atom. The molecular weight excluding hydrogens is 284 g/mol. The van der Waals surface area contributed by atoms with Crippen LogP contribution >= 0.6 is 11.8 Å². The van der Waals surface area contributed by atoms with Crippen LogP contribution in [-0.4, -0.2) is 21.3 Å². The predicted octanol–water partition coefficient (Wildman–Crippen LogP) is 2.31. The van der Waals surface area contributed by atoms with E-state index in [2.05, 4.69) is 54.5 Å². The molecule has 2 N–H and O–H groups in total. The molecule has 0 aliphatic heterocycles. The third-order valence-corrected chi connectivity index (χ3v) is 4.29. The fraction of sp³-hybridized carbons (Fsp3) is 0.467. The van der Waals surface area contributed by atoms with Crippen LogP contribution in [0.25, 0.3) is 0 Å². The molecule has 0 atom stereocenters. The van der Waals surface area contributed by atoms with E-state index in [-0.39, 0.29) is 5.69 Å². The summed E-state index contributed by atoms with van der Waals surface area (Å²) >= 11 is 1.51. The number of aromatic amines is 1. The maximum absolute atomic E-state index is 11.4. The van der Waals surface area contributed by atoms with Crippen molar-refractivity contribution in [2.75, 3.05) is 6.54 Å². The average Bonchev–Trinajstić information content (AvgIpc) is 2.73. The Balaban J connectivity index is 2.18. The number of benzene rings is 1. The van der Waals surface area contributed by atoms with Crippen molar-refractivity contribution in [3.8, 4) is 0 Å². The Labute approximate surface area is 129 Å². The summed E-state index contributed by atoms with van der Waals surface area (Å²) in [5.74, 6) is 0.623. The zero-order valence-electron chi connectivity index (χ0n) is 12.9. The normalized spacial score (nSPS) is 11.3. The first-order valence-electron chi connectivity index (χ1n) is 7.07. The van der Waals surface area contributed by atoms with Crippen LogP contribution in [0, 0.1) is 12.8 Å². The van der Waals surface area contributed by atoms with E-state index in [1.165, 1.54) is 27.5 Å². The number of H-pyrrole nitrogens is 1. The van der Waals surface area contributed by atoms with Gasteiger partial charge in [-0.25, -0.2) is 9.89 Å². The van der Waals surface area contributed by atoms with Crippen molar-refractivity contribution in [3.63, 3.8) is 0 Å². The molecule has 21 heavy (non-hydrogen) atoms. The highest BCUT2D eigenvalue weighted by atomic mass is 32.2. The van der Waals surface area contributed by atoms with Crippen LogP contribution in [0.4, 0.5) is 0 Å². The molecule has 1 aromatic heterocycles. The summed E-state index contributed by atoms with van der Waals surface area (Å²) in [6.45, 7) is 8.28. The Morgan fingerprint density at radius 3 is 2.81 bits per heavy atom. The van der Waals surface area contributed by atoms with E-state index < -0.39 is 0 Å². The molecule has 0 saturated carbocycles. The van der Waals surface area contributed by atoms with E-state index in [9.17, 15) is 4.79 Å². The van der Waals surface area contributed by atoms with Crippen molar-refractivity contribution < 1.29 is 0 Å². The SMILES string of the molecule is Cc1ccc(Sc2n[nH]c(=O)n2C)c(CNCC(C)C)c1. The second-order valence-corrected chi connectivity index (χ2v) is 6.62. The molecule has 2 rings (SSSR count). The molecule has 5 nitrogen and oxygen atoms in total. The van der Waals surface area contributed by atoms with Gasteiger partial charge in [0.2, 0.25) is 0 Å². The van der Waals surface area contributed by atoms with E-state index in [1.54, 1.807) is 7.05 Å². The monoisotopic (exact) mass is 306 g/mol. The van der Waals surface area contributed by atoms with Crippen LogP contribution in [0.1, 0.15) is 25.0 Å². The molecule has 6 heteroatoms. The summed E-state index contributed by atoms with van der Waals surface area (Å²) < 4.78 is 1.52. The van der Waals surface area contributed by atoms with Gasteiger partial charge in [0, 0.05) is 18.5 Å². The van der Waals surface area contributed by atoms with Crippen LogP contribution < -0.4 is 11.0 Å². The minimum Gasteiger partial charge on any atom is -0.312 e. The van der Waals surface area contributed by atoms with Gasteiger partial charge in [0.1, 0.15) is 0 Å². The second-order valence-electron chi connectivity index (χ2n) is 5.61. The molecule has 0 spiro atoms. The molecule has 0 aliphatic carbocycles. The molecule has 1 aromatic carbocycles. The van der Waals surface area contributed by atoms with Gasteiger partial charge in [0.25, 0.3) is 0 Å². The lowest BCUT2D eigenvalue weighted by Crippen LogP contribution is -2.19. The Kier molecular flexibility index (Phi) is 5.25. The standard InChI is InChI=1S/C15H22N4OS/c1-10(2)8-16-9-12-7-11(3)5-6-13(12)21-15-18-17-14(20)19(15)4/h5-7,10,16H,8-9H2,1-4H3,(H,17,20). The van der Waals surface area contributed by atoms with Crippen LogP contribution in [0.2, 0.25) is 0 Å². The molecule has 0 unspecified atom stereocenters. The number of aromatic nitrogens is 3. The number of hydrogen-bond donors (Lipinski definition) is 2. The van der Waals surface area contributed by atoms with Crippen molar-refractivity contribution in [2.45, 2.75) is 37.4 Å². The summed E-state index contributed by atoms with van der Waals surface area (Å²) in [4.78, 5) is 12.6. The zero-order valence-corrected chi connectivity index (χ0v) is 13.8. The largest absolute Gasteiger partial charge is 0.343 e. The van der Waals surface area contributed by atoms with Crippen LogP contribution in [0.5, 0.6) is 0 Å². The lowest BCUT2D eigenvalue weighted by Gasteiger charge is -2.12. The van der Waals surface area contributed by atoms with Crippen molar-refractivity contribution >= 4 is 11.8 Å². The van der Waals surface area contributed by atoms with Gasteiger partial charge in [-0.05, 0) is 42.8 Å². The Morgan fingerprint density at radius 2 is 2.19 bits per heavy atom. The predicted molar refractivity (Wildman–Crippen MR) is 85.7 cm³/mol. The lowest BCUT2D eigenvalue weighted by atomic mass is 10.1. The van der Waals surface area contributed by atoms with E-state index >= 15 is 0 Å². The van der Waals surface area contributed by atoms with E-state index in [1.807, 2.05) is 0 Å². The molecule has 0 fully saturated rings. The molecule has 0 saturated heterocycles. The molecule has 0 aliphatic rings. The number of aryl methyl sites for hydroxylation is 1. The van der Waals surface area contributed by atoms with Crippen LogP contribution in [-0.2, 0) is 13.6 Å². The van der Waals surface area contributed by atoms with Gasteiger partial charge in [0.15, 0.2) is 5.16 Å². The van der Waals surface area contributed by atoms with E-state index in [0.717, 1.165) is 18.0 Å². The first kappa shape index (κ1) is 15.9. The molecule has 1 heterocycles. The smallest absolute Gasteiger partial charge is 0.312 e. The maximum Gasteiger partial charge on any atom is 0.343 e. The van der Waals surface area contributed by atoms with Crippen molar-refractivity contribution in [3.05, 3.63) is 39.8 Å². The van der Waals surface area contributed by atoms with Gasteiger partial charge in [-0.3, -0.25) is 4.57 Å². The number of hydrogen-bond acceptors (Lipinski definition) is 4. The van der Waals surface area contributed by atoms with Crippen molar-refractivity contribution in [2.24, 2.45) is 13.0 Å². The molecule has 0 amide bonds. The number of nitrogens with one attached hydrogen (secondary N) is 2. The molecular formula is C15H22N4OS. The Bertz CT molecular complexity index is 660. The fourth-order valence-corrected chi connectivity index (χ4v) is 2.87. The summed E-state index contributed by atoms with van der Waals surface area (Å²) in [7, 11) is 1.72. The van der Waals surface area contributed by atoms with Gasteiger partial charge in [-0.1, -0.05) is 31.5 Å². The highest BCUT2D eigenvalue weighted by Crippen LogP contribution is 2.28. The maximum atomic E-state index is 11.4. The third-order valence-electron chi connectivity index (χ3n) is 3.12. The van der Waals surface area contributed by atoms with Crippen LogP contribution in [0.15, 0.2) is 33.0 Å². The molecule has 0 bridgehead atoms. The first-order chi connectivity index (χ1) is 9.97. The highest BCUT2D eigenvalue weighted by molar-refractivity contribution is 7.99. The molecule has 0 radical (unpaired) electrons. The molecule has 2 aromatic rings. The van der Waals surface area contributed by atoms with Crippen molar-refractivity contribution in [1.82, 2.24) is 20.1 Å². The number of rotatable bonds is 6. The average molecular weight is 306 g/mol. The summed E-state index contributed by atoms with van der Waals surface area (Å²) in [6.07, 6.45) is 0. The van der Waals surface area contributed by atoms with Gasteiger partial charge in [-0.2, -0.15) is 0 Å². The topological polar surface area (TPSA) is 62.7 Å². The van der Waals surface area contributed by atoms with Gasteiger partial charge in [0.05, 0.1) is 0 Å². The minimum atomic E-state index is -0.191. The van der Waals surface area contributed by atoms with Gasteiger partial charge < -0.3 is 5.32 Å². The molecule has 114 valence electrons. The quantitative estimate of drug-likeness (QED) is 0.860. The lowest BCUT2D eigenvalue weighted by molar-refractivity contribution is 0.550. The first-order valence-corrected chi connectivity index (χ1v) is 7.88. The summed E-state index contributed by atoms with van der Waals surface area (Å²) in [6, 6.07) is 6.35. The fourth-order valence-electron chi connectivity index (χ4n) is 1.96. The second kappa shape index (κ2) is 6.95.